The van der Waals surface area contributed by atoms with Crippen LogP contribution in [0.2, 0.25) is 5.02 Å². The van der Waals surface area contributed by atoms with Gasteiger partial charge in [-0.3, -0.25) is 4.79 Å². The van der Waals surface area contributed by atoms with Crippen molar-refractivity contribution in [2.45, 2.75) is 4.90 Å². The van der Waals surface area contributed by atoms with Gasteiger partial charge in [-0.05, 0) is 30.3 Å². The van der Waals surface area contributed by atoms with Gasteiger partial charge >= 0.3 is 5.97 Å². The van der Waals surface area contributed by atoms with Gasteiger partial charge in [0.15, 0.2) is 6.61 Å². The number of amides is 1. The van der Waals surface area contributed by atoms with Gasteiger partial charge in [-0.1, -0.05) is 11.6 Å². The number of hydrogen-bond donors (Lipinski definition) is 3. The number of sulfonamides is 1. The molecule has 2 rings (SSSR count). The predicted molar refractivity (Wildman–Crippen MR) is 87.6 cm³/mol. The minimum atomic E-state index is -4.07. The van der Waals surface area contributed by atoms with Gasteiger partial charge in [0, 0.05) is 6.20 Å². The van der Waals surface area contributed by atoms with E-state index >= 15 is 0 Å². The number of primary sulfonamides is 1. The van der Waals surface area contributed by atoms with Gasteiger partial charge in [-0.15, -0.1) is 0 Å². The molecule has 132 valence electrons. The first-order valence-corrected chi connectivity index (χ1v) is 8.53. The monoisotopic (exact) mass is 385 g/mol. The second-order valence-corrected chi connectivity index (χ2v) is 6.71. The Labute approximate surface area is 147 Å². The van der Waals surface area contributed by atoms with E-state index in [1.807, 2.05) is 0 Å². The van der Waals surface area contributed by atoms with E-state index in [2.05, 4.69) is 10.3 Å². The number of nitrogens with one attached hydrogen (secondary N) is 1. The summed E-state index contributed by atoms with van der Waals surface area (Å²) in [4.78, 5) is 27.1. The number of rotatable bonds is 5. The van der Waals surface area contributed by atoms with Crippen molar-refractivity contribution in [3.63, 3.8) is 0 Å². The molecule has 1 amide bonds. The lowest BCUT2D eigenvalue weighted by atomic mass is 10.2. The number of aromatic nitrogens is 1. The van der Waals surface area contributed by atoms with Gasteiger partial charge in [0.25, 0.3) is 5.91 Å². The molecule has 0 atom stereocenters. The Morgan fingerprint density at radius 2 is 2.00 bits per heavy atom. The first-order chi connectivity index (χ1) is 11.7. The predicted octanol–water partition coefficient (Wildman–Crippen LogP) is 0.884. The zero-order valence-electron chi connectivity index (χ0n) is 12.5. The number of pyridine rings is 1. The van der Waals surface area contributed by atoms with Crippen molar-refractivity contribution in [3.05, 3.63) is 47.1 Å². The van der Waals surface area contributed by atoms with E-state index in [0.717, 1.165) is 18.2 Å². The number of carbonyl (C=O) groups is 2. The van der Waals surface area contributed by atoms with Crippen molar-refractivity contribution >= 4 is 39.3 Å². The van der Waals surface area contributed by atoms with Crippen LogP contribution in [-0.2, 0) is 19.6 Å². The summed E-state index contributed by atoms with van der Waals surface area (Å²) in [7, 11) is -4.07. The SMILES string of the molecule is NS(=O)(=O)c1ccc(O)c(C(=O)OCC(=O)Nc2ccc(Cl)cn2)c1. The van der Waals surface area contributed by atoms with Crippen molar-refractivity contribution in [1.29, 1.82) is 0 Å². The number of benzene rings is 1. The van der Waals surface area contributed by atoms with Crippen molar-refractivity contribution in [2.24, 2.45) is 5.14 Å². The van der Waals surface area contributed by atoms with Crippen LogP contribution in [0.15, 0.2) is 41.4 Å². The zero-order chi connectivity index (χ0) is 18.6. The normalized spacial score (nSPS) is 11.0. The molecule has 11 heteroatoms. The van der Waals surface area contributed by atoms with Crippen LogP contribution in [0.3, 0.4) is 0 Å². The highest BCUT2D eigenvalue weighted by Gasteiger charge is 2.18. The van der Waals surface area contributed by atoms with Crippen molar-refractivity contribution in [3.8, 4) is 5.75 Å². The molecule has 1 aromatic heterocycles. The van der Waals surface area contributed by atoms with E-state index in [0.29, 0.717) is 5.02 Å². The third kappa shape index (κ3) is 5.14. The summed E-state index contributed by atoms with van der Waals surface area (Å²) in [6.07, 6.45) is 1.32. The van der Waals surface area contributed by atoms with Crippen molar-refractivity contribution in [1.82, 2.24) is 4.98 Å². The largest absolute Gasteiger partial charge is 0.507 e. The lowest BCUT2D eigenvalue weighted by molar-refractivity contribution is -0.119. The van der Waals surface area contributed by atoms with Crippen LogP contribution < -0.4 is 10.5 Å². The number of ether oxygens (including phenoxy) is 1. The molecule has 0 aliphatic heterocycles. The molecular formula is C14H12ClN3O6S. The van der Waals surface area contributed by atoms with Crippen LogP contribution in [0.4, 0.5) is 5.82 Å². The molecule has 0 saturated heterocycles. The van der Waals surface area contributed by atoms with Crippen molar-refractivity contribution in [2.75, 3.05) is 11.9 Å². The molecular weight excluding hydrogens is 374 g/mol. The fraction of sp³-hybridized carbons (Fsp3) is 0.0714. The number of aromatic hydroxyl groups is 1. The minimum absolute atomic E-state index is 0.199. The maximum atomic E-state index is 11.9. The standard InChI is InChI=1S/C14H12ClN3O6S/c15-8-1-4-12(17-6-8)18-13(20)7-24-14(21)10-5-9(25(16,22)23)2-3-11(10)19/h1-6,19H,7H2,(H2,16,22,23)(H,17,18,20). The molecule has 0 aliphatic carbocycles. The zero-order valence-corrected chi connectivity index (χ0v) is 14.0. The molecule has 0 fully saturated rings. The molecule has 0 saturated carbocycles. The van der Waals surface area contributed by atoms with Crippen LogP contribution in [0.1, 0.15) is 10.4 Å². The van der Waals surface area contributed by atoms with Crippen LogP contribution >= 0.6 is 11.6 Å². The van der Waals surface area contributed by atoms with Crippen molar-refractivity contribution < 1.29 is 27.9 Å². The number of halogens is 1. The fourth-order valence-corrected chi connectivity index (χ4v) is 2.34. The molecule has 25 heavy (non-hydrogen) atoms. The van der Waals surface area contributed by atoms with Gasteiger partial charge in [-0.2, -0.15) is 0 Å². The quantitative estimate of drug-likeness (QED) is 0.647. The number of esters is 1. The number of nitrogens with two attached hydrogens (primary N) is 1. The molecule has 0 unspecified atom stereocenters. The Balaban J connectivity index is 2.02. The second-order valence-electron chi connectivity index (χ2n) is 4.71. The number of hydrogen-bond acceptors (Lipinski definition) is 7. The van der Waals surface area contributed by atoms with E-state index in [1.54, 1.807) is 0 Å². The lowest BCUT2D eigenvalue weighted by Gasteiger charge is -2.08. The lowest BCUT2D eigenvalue weighted by Crippen LogP contribution is -2.21. The van der Waals surface area contributed by atoms with Gasteiger partial charge in [-0.25, -0.2) is 23.3 Å². The Morgan fingerprint density at radius 1 is 1.28 bits per heavy atom. The Kier molecular flexibility index (Phi) is 5.57. The summed E-state index contributed by atoms with van der Waals surface area (Å²) in [6.45, 7) is -0.678. The summed E-state index contributed by atoms with van der Waals surface area (Å²) in [6, 6.07) is 5.82. The summed E-state index contributed by atoms with van der Waals surface area (Å²) < 4.78 is 27.3. The van der Waals surface area contributed by atoms with Crippen LogP contribution in [0.25, 0.3) is 0 Å². The van der Waals surface area contributed by atoms with Crippen LogP contribution in [0.5, 0.6) is 5.75 Å². The molecule has 0 spiro atoms. The third-order valence-electron chi connectivity index (χ3n) is 2.85. The molecule has 0 aliphatic rings. The molecule has 1 heterocycles. The van der Waals surface area contributed by atoms with Gasteiger partial charge in [0.1, 0.15) is 17.1 Å². The number of phenols is 1. The van der Waals surface area contributed by atoms with Gasteiger partial charge < -0.3 is 15.2 Å². The Bertz CT molecular complexity index is 915. The highest BCUT2D eigenvalue weighted by atomic mass is 35.5. The average Bonchev–Trinajstić information content (AvgIpc) is 2.54. The summed E-state index contributed by atoms with van der Waals surface area (Å²) >= 11 is 5.66. The first kappa shape index (κ1) is 18.6. The highest BCUT2D eigenvalue weighted by Crippen LogP contribution is 2.21. The van der Waals surface area contributed by atoms with Crippen LogP contribution in [0, 0.1) is 0 Å². The van der Waals surface area contributed by atoms with E-state index in [9.17, 15) is 23.1 Å². The number of nitrogens with zero attached hydrogens (tertiary/aromatic N) is 1. The van der Waals surface area contributed by atoms with E-state index in [-0.39, 0.29) is 10.7 Å². The van der Waals surface area contributed by atoms with E-state index in [4.69, 9.17) is 21.5 Å². The highest BCUT2D eigenvalue weighted by molar-refractivity contribution is 7.89. The number of carbonyl (C=O) groups excluding carboxylic acids is 2. The maximum Gasteiger partial charge on any atom is 0.342 e. The maximum absolute atomic E-state index is 11.9. The second kappa shape index (κ2) is 7.47. The Morgan fingerprint density at radius 3 is 2.60 bits per heavy atom. The average molecular weight is 386 g/mol. The summed E-state index contributed by atoms with van der Waals surface area (Å²) in [5.74, 6) is -2.10. The third-order valence-corrected chi connectivity index (χ3v) is 3.98. The van der Waals surface area contributed by atoms with Gasteiger partial charge in [0.05, 0.1) is 9.92 Å². The molecule has 9 nitrogen and oxygen atoms in total. The fourth-order valence-electron chi connectivity index (χ4n) is 1.69. The van der Waals surface area contributed by atoms with Gasteiger partial charge in [0.2, 0.25) is 10.0 Å². The molecule has 2 aromatic rings. The number of anilines is 1. The molecule has 0 bridgehead atoms. The summed E-state index contributed by atoms with van der Waals surface area (Å²) in [5.41, 5.74) is -0.441. The van der Waals surface area contributed by atoms with Crippen LogP contribution in [-0.4, -0.2) is 37.0 Å². The van der Waals surface area contributed by atoms with E-state index < -0.39 is 39.8 Å². The summed E-state index contributed by atoms with van der Waals surface area (Å²) in [5, 5.41) is 17.3. The molecule has 0 radical (unpaired) electrons. The Hall–Kier alpha value is -2.69. The number of phenolic OH excluding ortho intramolecular Hbond substituents is 1. The van der Waals surface area contributed by atoms with E-state index in [1.165, 1.54) is 18.3 Å². The molecule has 1 aromatic carbocycles. The molecule has 4 N–H and O–H groups in total. The minimum Gasteiger partial charge on any atom is -0.507 e. The first-order valence-electron chi connectivity index (χ1n) is 6.61. The topological polar surface area (TPSA) is 149 Å². The smallest absolute Gasteiger partial charge is 0.342 e.